The van der Waals surface area contributed by atoms with Crippen molar-refractivity contribution in [1.29, 1.82) is 0 Å². The average molecular weight is 247 g/mol. The Morgan fingerprint density at radius 1 is 1.35 bits per heavy atom. The molecule has 0 aliphatic rings. The molecule has 0 aliphatic carbocycles. The lowest BCUT2D eigenvalue weighted by Gasteiger charge is -2.16. The van der Waals surface area contributed by atoms with E-state index in [1.165, 1.54) is 5.56 Å². The first kappa shape index (κ1) is 12.2. The molecule has 1 unspecified atom stereocenters. The van der Waals surface area contributed by atoms with Gasteiger partial charge in [0, 0.05) is 6.20 Å². The van der Waals surface area contributed by atoms with Gasteiger partial charge < -0.3 is 5.32 Å². The fourth-order valence-corrected chi connectivity index (χ4v) is 2.44. The number of rotatable bonds is 5. The van der Waals surface area contributed by atoms with Gasteiger partial charge in [-0.2, -0.15) is 11.3 Å². The summed E-state index contributed by atoms with van der Waals surface area (Å²) in [6, 6.07) is 2.42. The molecule has 2 aromatic rings. The highest BCUT2D eigenvalue weighted by atomic mass is 32.1. The van der Waals surface area contributed by atoms with Crippen molar-refractivity contribution in [3.05, 3.63) is 46.2 Å². The van der Waals surface area contributed by atoms with Crippen LogP contribution >= 0.6 is 11.3 Å². The van der Waals surface area contributed by atoms with Crippen LogP contribution in [0.3, 0.4) is 0 Å². The monoisotopic (exact) mass is 247 g/mol. The summed E-state index contributed by atoms with van der Waals surface area (Å²) in [5, 5.41) is 7.76. The summed E-state index contributed by atoms with van der Waals surface area (Å²) in [5.74, 6) is 0. The van der Waals surface area contributed by atoms with Crippen LogP contribution in [0.1, 0.15) is 29.9 Å². The molecule has 2 rings (SSSR count). The summed E-state index contributed by atoms with van der Waals surface area (Å²) in [6.45, 7) is 5.00. The second-order valence-electron chi connectivity index (χ2n) is 4.03. The van der Waals surface area contributed by atoms with Crippen LogP contribution < -0.4 is 5.32 Å². The van der Waals surface area contributed by atoms with Crippen LogP contribution in [0.15, 0.2) is 29.2 Å². The number of nitrogens with one attached hydrogen (secondary N) is 1. The van der Waals surface area contributed by atoms with E-state index in [0.717, 1.165) is 24.4 Å². The van der Waals surface area contributed by atoms with Crippen molar-refractivity contribution in [2.24, 2.45) is 0 Å². The second-order valence-corrected chi connectivity index (χ2v) is 4.81. The van der Waals surface area contributed by atoms with Crippen molar-refractivity contribution < 1.29 is 0 Å². The highest BCUT2D eigenvalue weighted by Crippen LogP contribution is 2.17. The van der Waals surface area contributed by atoms with Gasteiger partial charge in [0.05, 0.1) is 23.6 Å². The second kappa shape index (κ2) is 5.89. The molecule has 0 bridgehead atoms. The number of aromatic nitrogens is 2. The van der Waals surface area contributed by atoms with Crippen molar-refractivity contribution >= 4 is 11.3 Å². The van der Waals surface area contributed by atoms with E-state index < -0.39 is 0 Å². The van der Waals surface area contributed by atoms with E-state index in [1.54, 1.807) is 11.3 Å². The highest BCUT2D eigenvalue weighted by Gasteiger charge is 2.13. The molecule has 0 fully saturated rings. The van der Waals surface area contributed by atoms with Gasteiger partial charge in [0.2, 0.25) is 0 Å². The standard InChI is InChI=1S/C13H17N3S/c1-3-14-12(6-11-4-5-17-9-11)13-8-15-10(2)7-16-13/h4-5,7-9,12,14H,3,6H2,1-2H3. The zero-order valence-electron chi connectivity index (χ0n) is 10.2. The van der Waals surface area contributed by atoms with E-state index in [9.17, 15) is 0 Å². The summed E-state index contributed by atoms with van der Waals surface area (Å²) in [4.78, 5) is 8.77. The maximum Gasteiger partial charge on any atom is 0.0759 e. The van der Waals surface area contributed by atoms with Gasteiger partial charge in [0.25, 0.3) is 0 Å². The Hall–Kier alpha value is -1.26. The smallest absolute Gasteiger partial charge is 0.0759 e. The Labute approximate surface area is 106 Å². The fourth-order valence-electron chi connectivity index (χ4n) is 1.75. The summed E-state index contributed by atoms with van der Waals surface area (Å²) >= 11 is 1.73. The Morgan fingerprint density at radius 3 is 2.82 bits per heavy atom. The van der Waals surface area contributed by atoms with Gasteiger partial charge in [-0.25, -0.2) is 0 Å². The van der Waals surface area contributed by atoms with Gasteiger partial charge in [-0.1, -0.05) is 6.92 Å². The summed E-state index contributed by atoms with van der Waals surface area (Å²) in [5.41, 5.74) is 3.33. The molecule has 0 saturated heterocycles. The molecule has 0 aliphatic heterocycles. The highest BCUT2D eigenvalue weighted by molar-refractivity contribution is 7.07. The quantitative estimate of drug-likeness (QED) is 0.883. The Balaban J connectivity index is 2.13. The first-order chi connectivity index (χ1) is 8.29. The van der Waals surface area contributed by atoms with E-state index in [1.807, 2.05) is 19.3 Å². The van der Waals surface area contributed by atoms with Gasteiger partial charge in [-0.05, 0) is 42.3 Å². The predicted octanol–water partition coefficient (Wildman–Crippen LogP) is 2.74. The van der Waals surface area contributed by atoms with Crippen molar-refractivity contribution in [2.45, 2.75) is 26.3 Å². The Kier molecular flexibility index (Phi) is 4.23. The number of aryl methyl sites for hydroxylation is 1. The molecule has 4 heteroatoms. The Bertz CT molecular complexity index is 436. The zero-order chi connectivity index (χ0) is 12.1. The van der Waals surface area contributed by atoms with E-state index in [0.29, 0.717) is 0 Å². The number of thiophene rings is 1. The van der Waals surface area contributed by atoms with Crippen LogP contribution in [-0.4, -0.2) is 16.5 Å². The number of likely N-dealkylation sites (N-methyl/N-ethyl adjacent to an activating group) is 1. The van der Waals surface area contributed by atoms with Gasteiger partial charge >= 0.3 is 0 Å². The molecule has 2 heterocycles. The minimum atomic E-state index is 0.252. The maximum absolute atomic E-state index is 4.46. The lowest BCUT2D eigenvalue weighted by atomic mass is 10.1. The van der Waals surface area contributed by atoms with Crippen molar-refractivity contribution in [3.63, 3.8) is 0 Å². The molecular weight excluding hydrogens is 230 g/mol. The minimum Gasteiger partial charge on any atom is -0.309 e. The third-order valence-corrected chi connectivity index (χ3v) is 3.36. The minimum absolute atomic E-state index is 0.252. The summed E-state index contributed by atoms with van der Waals surface area (Å²) in [6.07, 6.45) is 4.66. The van der Waals surface area contributed by atoms with Crippen molar-refractivity contribution in [1.82, 2.24) is 15.3 Å². The number of hydrogen-bond donors (Lipinski definition) is 1. The topological polar surface area (TPSA) is 37.8 Å². The molecule has 0 aromatic carbocycles. The van der Waals surface area contributed by atoms with E-state index in [4.69, 9.17) is 0 Å². The van der Waals surface area contributed by atoms with E-state index in [-0.39, 0.29) is 6.04 Å². The first-order valence-corrected chi connectivity index (χ1v) is 6.77. The van der Waals surface area contributed by atoms with Gasteiger partial charge in [-0.15, -0.1) is 0 Å². The molecule has 0 spiro atoms. The lowest BCUT2D eigenvalue weighted by Crippen LogP contribution is -2.24. The normalized spacial score (nSPS) is 12.6. The van der Waals surface area contributed by atoms with Gasteiger partial charge in [-0.3, -0.25) is 9.97 Å². The summed E-state index contributed by atoms with van der Waals surface area (Å²) < 4.78 is 0. The molecule has 1 atom stereocenters. The van der Waals surface area contributed by atoms with E-state index >= 15 is 0 Å². The molecule has 3 nitrogen and oxygen atoms in total. The molecule has 17 heavy (non-hydrogen) atoms. The van der Waals surface area contributed by atoms with Crippen molar-refractivity contribution in [3.8, 4) is 0 Å². The average Bonchev–Trinajstić information content (AvgIpc) is 2.82. The molecule has 0 amide bonds. The first-order valence-electron chi connectivity index (χ1n) is 5.82. The van der Waals surface area contributed by atoms with Crippen LogP contribution in [0.4, 0.5) is 0 Å². The zero-order valence-corrected chi connectivity index (χ0v) is 11.0. The van der Waals surface area contributed by atoms with Crippen LogP contribution in [0.25, 0.3) is 0 Å². The fraction of sp³-hybridized carbons (Fsp3) is 0.385. The van der Waals surface area contributed by atoms with Crippen molar-refractivity contribution in [2.75, 3.05) is 6.54 Å². The van der Waals surface area contributed by atoms with Crippen LogP contribution in [0.2, 0.25) is 0 Å². The molecule has 1 N–H and O–H groups in total. The predicted molar refractivity (Wildman–Crippen MR) is 71.2 cm³/mol. The van der Waals surface area contributed by atoms with Crippen LogP contribution in [-0.2, 0) is 6.42 Å². The largest absolute Gasteiger partial charge is 0.309 e. The van der Waals surface area contributed by atoms with Gasteiger partial charge in [0.1, 0.15) is 0 Å². The van der Waals surface area contributed by atoms with Crippen LogP contribution in [0, 0.1) is 6.92 Å². The molecular formula is C13H17N3S. The Morgan fingerprint density at radius 2 is 2.24 bits per heavy atom. The molecule has 90 valence electrons. The molecule has 2 aromatic heterocycles. The third-order valence-electron chi connectivity index (χ3n) is 2.63. The lowest BCUT2D eigenvalue weighted by molar-refractivity contribution is 0.535. The SMILES string of the molecule is CCNC(Cc1ccsc1)c1cnc(C)cn1. The molecule has 0 saturated carbocycles. The maximum atomic E-state index is 4.46. The number of hydrogen-bond acceptors (Lipinski definition) is 4. The van der Waals surface area contributed by atoms with Gasteiger partial charge in [0.15, 0.2) is 0 Å². The third kappa shape index (κ3) is 3.35. The summed E-state index contributed by atoms with van der Waals surface area (Å²) in [7, 11) is 0. The molecule has 0 radical (unpaired) electrons. The van der Waals surface area contributed by atoms with Crippen LogP contribution in [0.5, 0.6) is 0 Å². The number of nitrogens with zero attached hydrogens (tertiary/aromatic N) is 2. The van der Waals surface area contributed by atoms with E-state index in [2.05, 4.69) is 39.0 Å².